The summed E-state index contributed by atoms with van der Waals surface area (Å²) in [5, 5.41) is 13.9. The number of methoxy groups -OCH3 is 1. The summed E-state index contributed by atoms with van der Waals surface area (Å²) in [6.07, 6.45) is 0. The molecule has 0 aromatic heterocycles. The van der Waals surface area contributed by atoms with E-state index in [0.29, 0.717) is 6.54 Å². The minimum atomic E-state index is -0.591. The number of non-ortho nitro benzene ring substituents is 1. The van der Waals surface area contributed by atoms with Crippen molar-refractivity contribution in [3.63, 3.8) is 0 Å². The van der Waals surface area contributed by atoms with Crippen LogP contribution in [0.2, 0.25) is 0 Å². The molecule has 0 heterocycles. The lowest BCUT2D eigenvalue weighted by molar-refractivity contribution is -0.384. The van der Waals surface area contributed by atoms with Crippen molar-refractivity contribution in [3.8, 4) is 0 Å². The van der Waals surface area contributed by atoms with Gasteiger partial charge in [0, 0.05) is 18.7 Å². The molecule has 0 aliphatic rings. The summed E-state index contributed by atoms with van der Waals surface area (Å²) in [7, 11) is 1.36. The van der Waals surface area contributed by atoms with Crippen LogP contribution in [0, 0.1) is 24.0 Å². The average molecular weight is 328 g/mol. The summed E-state index contributed by atoms with van der Waals surface area (Å²) in [6.45, 7) is 4.29. The summed E-state index contributed by atoms with van der Waals surface area (Å²) in [5.74, 6) is -0.366. The molecule has 2 aromatic carbocycles. The zero-order valence-corrected chi connectivity index (χ0v) is 13.9. The molecular weight excluding hydrogens is 308 g/mol. The Morgan fingerprint density at radius 2 is 1.75 bits per heavy atom. The number of carbonyl (C=O) groups excluding carboxylic acids is 1. The van der Waals surface area contributed by atoms with Gasteiger partial charge in [-0.1, -0.05) is 30.3 Å². The van der Waals surface area contributed by atoms with Gasteiger partial charge < -0.3 is 4.74 Å². The number of rotatable bonds is 6. The lowest BCUT2D eigenvalue weighted by atomic mass is 9.96. The van der Waals surface area contributed by atoms with Gasteiger partial charge in [0.05, 0.1) is 12.0 Å². The van der Waals surface area contributed by atoms with Crippen LogP contribution in [0.15, 0.2) is 42.5 Å². The number of ether oxygens (including phenoxy) is 1. The first-order valence-electron chi connectivity index (χ1n) is 7.54. The molecule has 1 unspecified atom stereocenters. The Morgan fingerprint density at radius 1 is 1.17 bits per heavy atom. The molecule has 2 rings (SSSR count). The lowest BCUT2D eigenvalue weighted by Gasteiger charge is -2.21. The third kappa shape index (κ3) is 3.97. The van der Waals surface area contributed by atoms with E-state index in [0.717, 1.165) is 22.3 Å². The van der Waals surface area contributed by atoms with Crippen LogP contribution < -0.4 is 5.32 Å². The van der Waals surface area contributed by atoms with Crippen molar-refractivity contribution in [1.82, 2.24) is 5.32 Å². The predicted molar refractivity (Wildman–Crippen MR) is 90.6 cm³/mol. The van der Waals surface area contributed by atoms with Gasteiger partial charge in [0.15, 0.2) is 0 Å². The van der Waals surface area contributed by atoms with Gasteiger partial charge >= 0.3 is 5.97 Å². The maximum Gasteiger partial charge on any atom is 0.327 e. The summed E-state index contributed by atoms with van der Waals surface area (Å²) in [4.78, 5) is 22.5. The van der Waals surface area contributed by atoms with Crippen LogP contribution in [0.5, 0.6) is 0 Å². The standard InChI is InChI=1S/C18H20N2O4/c1-12-5-4-6-13(2)16(12)17(18(21)24-3)19-11-14-7-9-15(10-8-14)20(22)23/h4-10,17,19H,11H2,1-3H3. The minimum absolute atomic E-state index is 0.0398. The number of nitro benzene ring substituents is 1. The van der Waals surface area contributed by atoms with E-state index in [1.807, 2.05) is 32.0 Å². The Balaban J connectivity index is 2.21. The van der Waals surface area contributed by atoms with Gasteiger partial charge in [-0.3, -0.25) is 15.4 Å². The van der Waals surface area contributed by atoms with Crippen molar-refractivity contribution in [3.05, 3.63) is 74.8 Å². The minimum Gasteiger partial charge on any atom is -0.468 e. The molecule has 0 amide bonds. The maximum atomic E-state index is 12.2. The summed E-state index contributed by atoms with van der Waals surface area (Å²) >= 11 is 0. The Bertz CT molecular complexity index is 721. The van der Waals surface area contributed by atoms with Crippen LogP contribution in [-0.2, 0) is 16.1 Å². The van der Waals surface area contributed by atoms with Gasteiger partial charge in [-0.2, -0.15) is 0 Å². The number of nitrogens with one attached hydrogen (secondary N) is 1. The molecule has 2 aromatic rings. The second kappa shape index (κ2) is 7.70. The lowest BCUT2D eigenvalue weighted by Crippen LogP contribution is -2.30. The molecular formula is C18H20N2O4. The van der Waals surface area contributed by atoms with Gasteiger partial charge in [-0.05, 0) is 36.1 Å². The van der Waals surface area contributed by atoms with E-state index in [2.05, 4.69) is 5.32 Å². The molecule has 0 fully saturated rings. The first kappa shape index (κ1) is 17.6. The Hall–Kier alpha value is -2.73. The second-order valence-electron chi connectivity index (χ2n) is 5.57. The molecule has 24 heavy (non-hydrogen) atoms. The summed E-state index contributed by atoms with van der Waals surface area (Å²) in [5.41, 5.74) is 3.79. The number of nitrogens with zero attached hydrogens (tertiary/aromatic N) is 1. The fraction of sp³-hybridized carbons (Fsp3) is 0.278. The number of carbonyl (C=O) groups is 1. The Labute approximate surface area is 140 Å². The normalized spacial score (nSPS) is 11.8. The molecule has 6 heteroatoms. The van der Waals surface area contributed by atoms with Gasteiger partial charge in [-0.15, -0.1) is 0 Å². The number of benzene rings is 2. The van der Waals surface area contributed by atoms with Crippen molar-refractivity contribution >= 4 is 11.7 Å². The Morgan fingerprint density at radius 3 is 2.25 bits per heavy atom. The quantitative estimate of drug-likeness (QED) is 0.500. The highest BCUT2D eigenvalue weighted by atomic mass is 16.6. The van der Waals surface area contributed by atoms with Crippen molar-refractivity contribution < 1.29 is 14.5 Å². The van der Waals surface area contributed by atoms with Gasteiger partial charge in [0.25, 0.3) is 5.69 Å². The number of hydrogen-bond acceptors (Lipinski definition) is 5. The van der Waals surface area contributed by atoms with Gasteiger partial charge in [-0.25, -0.2) is 4.79 Å². The first-order chi connectivity index (χ1) is 11.4. The second-order valence-corrected chi connectivity index (χ2v) is 5.57. The fourth-order valence-corrected chi connectivity index (χ4v) is 2.66. The summed E-state index contributed by atoms with van der Waals surface area (Å²) < 4.78 is 4.93. The van der Waals surface area contributed by atoms with E-state index in [1.54, 1.807) is 12.1 Å². The van der Waals surface area contributed by atoms with E-state index < -0.39 is 11.0 Å². The van der Waals surface area contributed by atoms with E-state index in [9.17, 15) is 14.9 Å². The first-order valence-corrected chi connectivity index (χ1v) is 7.54. The highest BCUT2D eigenvalue weighted by molar-refractivity contribution is 5.78. The predicted octanol–water partition coefficient (Wildman–Crippen LogP) is 3.22. The van der Waals surface area contributed by atoms with E-state index in [4.69, 9.17) is 4.74 Å². The zero-order chi connectivity index (χ0) is 17.7. The molecule has 0 aliphatic heterocycles. The third-order valence-electron chi connectivity index (χ3n) is 3.93. The molecule has 0 saturated heterocycles. The maximum absolute atomic E-state index is 12.2. The van der Waals surface area contributed by atoms with Crippen LogP contribution in [0.25, 0.3) is 0 Å². The van der Waals surface area contributed by atoms with E-state index in [-0.39, 0.29) is 11.7 Å². The van der Waals surface area contributed by atoms with Gasteiger partial charge in [0.2, 0.25) is 0 Å². The molecule has 0 radical (unpaired) electrons. The molecule has 6 nitrogen and oxygen atoms in total. The van der Waals surface area contributed by atoms with Crippen LogP contribution in [0.4, 0.5) is 5.69 Å². The highest BCUT2D eigenvalue weighted by Gasteiger charge is 2.24. The Kier molecular flexibility index (Phi) is 5.65. The molecule has 126 valence electrons. The largest absolute Gasteiger partial charge is 0.468 e. The molecule has 1 atom stereocenters. The fourth-order valence-electron chi connectivity index (χ4n) is 2.66. The van der Waals surface area contributed by atoms with Crippen molar-refractivity contribution in [2.75, 3.05) is 7.11 Å². The number of aryl methyl sites for hydroxylation is 2. The molecule has 0 bridgehead atoms. The summed E-state index contributed by atoms with van der Waals surface area (Å²) in [6, 6.07) is 11.5. The van der Waals surface area contributed by atoms with E-state index in [1.165, 1.54) is 19.2 Å². The van der Waals surface area contributed by atoms with Gasteiger partial charge in [0.1, 0.15) is 6.04 Å². The van der Waals surface area contributed by atoms with Crippen molar-refractivity contribution in [1.29, 1.82) is 0 Å². The topological polar surface area (TPSA) is 81.5 Å². The van der Waals surface area contributed by atoms with Crippen LogP contribution in [0.3, 0.4) is 0 Å². The smallest absolute Gasteiger partial charge is 0.327 e. The molecule has 0 saturated carbocycles. The van der Waals surface area contributed by atoms with Crippen LogP contribution in [-0.4, -0.2) is 18.0 Å². The van der Waals surface area contributed by atoms with Crippen LogP contribution in [0.1, 0.15) is 28.3 Å². The number of hydrogen-bond donors (Lipinski definition) is 1. The van der Waals surface area contributed by atoms with Crippen molar-refractivity contribution in [2.24, 2.45) is 0 Å². The van der Waals surface area contributed by atoms with E-state index >= 15 is 0 Å². The molecule has 1 N–H and O–H groups in total. The monoisotopic (exact) mass is 328 g/mol. The highest BCUT2D eigenvalue weighted by Crippen LogP contribution is 2.23. The molecule has 0 spiro atoms. The molecule has 0 aliphatic carbocycles. The van der Waals surface area contributed by atoms with Crippen LogP contribution >= 0.6 is 0 Å². The SMILES string of the molecule is COC(=O)C(NCc1ccc([N+](=O)[O-])cc1)c1c(C)cccc1C. The van der Waals surface area contributed by atoms with Crippen molar-refractivity contribution in [2.45, 2.75) is 26.4 Å². The number of esters is 1. The average Bonchev–Trinajstić information content (AvgIpc) is 2.57. The number of nitro groups is 1. The third-order valence-corrected chi connectivity index (χ3v) is 3.93. The zero-order valence-electron chi connectivity index (χ0n) is 13.9.